The zero-order valence-corrected chi connectivity index (χ0v) is 28.2. The largest absolute Gasteiger partial charge is 2.00 e. The molecule has 0 aromatic heterocycles. The number of para-hydroxylation sites is 2. The second kappa shape index (κ2) is 20.1. The van der Waals surface area contributed by atoms with Crippen LogP contribution in [-0.4, -0.2) is 26.5 Å². The number of benzene rings is 4. The Balaban J connectivity index is 0.000000830. The van der Waals surface area contributed by atoms with Gasteiger partial charge in [0.2, 0.25) is 0 Å². The summed E-state index contributed by atoms with van der Waals surface area (Å²) in [5.74, 6) is 1.95. The first-order chi connectivity index (χ1) is 19.3. The van der Waals surface area contributed by atoms with Crippen LogP contribution in [0.1, 0.15) is 13.8 Å². The number of methoxy groups -OCH3 is 2. The molecular weight excluding hydrogens is 627 g/mol. The van der Waals surface area contributed by atoms with Crippen LogP contribution in [0.15, 0.2) is 133 Å². The SMILES string of the molecule is C=C([CH2-])C.C=C([CH2-])C.COc1ccccc1[P@](CC[P@](c1ccccc1)c1ccccc1OC)c1ccccc1.[Ru+2]. The maximum atomic E-state index is 5.76. The maximum absolute atomic E-state index is 5.76. The van der Waals surface area contributed by atoms with E-state index >= 15 is 0 Å². The first kappa shape index (κ1) is 36.2. The van der Waals surface area contributed by atoms with Gasteiger partial charge in [0, 0.05) is 10.6 Å². The molecule has 0 aliphatic rings. The van der Waals surface area contributed by atoms with Crippen molar-refractivity contribution in [1.29, 1.82) is 0 Å². The molecule has 0 saturated carbocycles. The summed E-state index contributed by atoms with van der Waals surface area (Å²) in [6, 6.07) is 38.7. The topological polar surface area (TPSA) is 18.5 Å². The fourth-order valence-electron chi connectivity index (χ4n) is 3.90. The van der Waals surface area contributed by atoms with Crippen LogP contribution in [-0.2, 0) is 19.5 Å². The molecule has 0 heterocycles. The van der Waals surface area contributed by atoms with Crippen LogP contribution in [0.2, 0.25) is 0 Å². The molecule has 0 fully saturated rings. The maximum Gasteiger partial charge on any atom is 2.00 e. The predicted octanol–water partition coefficient (Wildman–Crippen LogP) is 8.06. The molecule has 4 aromatic carbocycles. The van der Waals surface area contributed by atoms with E-state index in [1.165, 1.54) is 21.2 Å². The average molecular weight is 670 g/mol. The van der Waals surface area contributed by atoms with E-state index in [1.54, 1.807) is 14.2 Å². The standard InChI is InChI=1S/C28H28O2P2.2C4H7.Ru/c1-29-25-17-9-11-19-27(25)31(23-13-5-3-6-14-23)21-22-32(24-15-7-4-8-16-24)28-20-12-10-18-26(28)30-2;2*1-4(2)3;/h3-20H,21-22H2,1-2H3;2*1-2H2,3H3;/q;2*-1;+2/t31-,32-;;;/m1.../s1. The molecule has 0 unspecified atom stereocenters. The van der Waals surface area contributed by atoms with Crippen molar-refractivity contribution in [2.24, 2.45) is 0 Å². The molecule has 5 heteroatoms. The molecule has 4 rings (SSSR count). The van der Waals surface area contributed by atoms with Gasteiger partial charge < -0.3 is 9.47 Å². The molecule has 0 bridgehead atoms. The number of hydrogen-bond donors (Lipinski definition) is 0. The van der Waals surface area contributed by atoms with Crippen LogP contribution in [0.25, 0.3) is 0 Å². The second-order valence-corrected chi connectivity index (χ2v) is 13.8. The molecule has 0 aliphatic heterocycles. The molecule has 0 radical (unpaired) electrons. The Labute approximate surface area is 264 Å². The molecule has 2 nitrogen and oxygen atoms in total. The van der Waals surface area contributed by atoms with E-state index in [0.717, 1.165) is 35.0 Å². The summed E-state index contributed by atoms with van der Waals surface area (Å²) in [6.07, 6.45) is 2.16. The van der Waals surface area contributed by atoms with Gasteiger partial charge >= 0.3 is 19.5 Å². The molecule has 41 heavy (non-hydrogen) atoms. The van der Waals surface area contributed by atoms with Gasteiger partial charge in [0.05, 0.1) is 14.2 Å². The van der Waals surface area contributed by atoms with Gasteiger partial charge in [0.25, 0.3) is 0 Å². The van der Waals surface area contributed by atoms with Crippen LogP contribution in [0.3, 0.4) is 0 Å². The molecule has 4 aromatic rings. The van der Waals surface area contributed by atoms with E-state index < -0.39 is 15.8 Å². The van der Waals surface area contributed by atoms with Crippen LogP contribution in [0.4, 0.5) is 0 Å². The molecule has 2 atom stereocenters. The second-order valence-electron chi connectivity index (χ2n) is 9.23. The normalized spacial score (nSPS) is 11.1. The van der Waals surface area contributed by atoms with Gasteiger partial charge in [-0.3, -0.25) is 0 Å². The molecule has 0 saturated heterocycles. The summed E-state index contributed by atoms with van der Waals surface area (Å²) in [5.41, 5.74) is 1.83. The quantitative estimate of drug-likeness (QED) is 0.102. The van der Waals surface area contributed by atoms with Crippen molar-refractivity contribution in [1.82, 2.24) is 0 Å². The number of allylic oxidation sites excluding steroid dienone is 2. The summed E-state index contributed by atoms with van der Waals surface area (Å²) in [6.45, 7) is 17.5. The van der Waals surface area contributed by atoms with Crippen LogP contribution < -0.4 is 30.7 Å². The van der Waals surface area contributed by atoms with Crippen molar-refractivity contribution < 1.29 is 29.0 Å². The van der Waals surface area contributed by atoms with Gasteiger partial charge in [-0.15, -0.1) is 0 Å². The van der Waals surface area contributed by atoms with Crippen molar-refractivity contribution in [3.8, 4) is 11.5 Å². The van der Waals surface area contributed by atoms with Crippen molar-refractivity contribution in [3.63, 3.8) is 0 Å². The van der Waals surface area contributed by atoms with Gasteiger partial charge in [-0.1, -0.05) is 111 Å². The summed E-state index contributed by atoms with van der Waals surface area (Å²) in [7, 11) is 2.43. The Kier molecular flexibility index (Phi) is 17.8. The van der Waals surface area contributed by atoms with Gasteiger partial charge in [-0.25, -0.2) is 38.2 Å². The van der Waals surface area contributed by atoms with Gasteiger partial charge in [-0.2, -0.15) is 0 Å². The zero-order chi connectivity index (χ0) is 29.3. The van der Waals surface area contributed by atoms with Gasteiger partial charge in [-0.05, 0) is 50.9 Å². The predicted molar refractivity (Wildman–Crippen MR) is 181 cm³/mol. The summed E-state index contributed by atoms with van der Waals surface area (Å²) in [5, 5.41) is 5.38. The molecule has 0 spiro atoms. The summed E-state index contributed by atoms with van der Waals surface area (Å²) >= 11 is 0. The Hall–Kier alpha value is -2.82. The number of hydrogen-bond acceptors (Lipinski definition) is 2. The zero-order valence-electron chi connectivity index (χ0n) is 24.7. The van der Waals surface area contributed by atoms with Crippen molar-refractivity contribution in [3.05, 3.63) is 147 Å². The van der Waals surface area contributed by atoms with E-state index in [4.69, 9.17) is 9.47 Å². The smallest absolute Gasteiger partial charge is 0.496 e. The van der Waals surface area contributed by atoms with Crippen molar-refractivity contribution in [2.45, 2.75) is 13.8 Å². The van der Waals surface area contributed by atoms with Crippen molar-refractivity contribution in [2.75, 3.05) is 26.5 Å². The summed E-state index contributed by atoms with van der Waals surface area (Å²) in [4.78, 5) is 0. The molecular formula is C36H42O2P2Ru. The third-order valence-electron chi connectivity index (χ3n) is 5.43. The third kappa shape index (κ3) is 12.7. The Bertz CT molecular complexity index is 1200. The molecule has 0 aliphatic carbocycles. The average Bonchev–Trinajstić information content (AvgIpc) is 2.96. The van der Waals surface area contributed by atoms with Crippen LogP contribution >= 0.6 is 15.8 Å². The fraction of sp³-hybridized carbons (Fsp3) is 0.167. The minimum absolute atomic E-state index is 0. The minimum Gasteiger partial charge on any atom is -0.496 e. The number of rotatable bonds is 9. The Morgan fingerprint density at radius 2 is 0.829 bits per heavy atom. The fourth-order valence-corrected chi connectivity index (χ4v) is 9.51. The Morgan fingerprint density at radius 3 is 1.12 bits per heavy atom. The van der Waals surface area contributed by atoms with E-state index in [9.17, 15) is 0 Å². The van der Waals surface area contributed by atoms with E-state index in [-0.39, 0.29) is 19.5 Å². The summed E-state index contributed by atoms with van der Waals surface area (Å²) < 4.78 is 11.5. The van der Waals surface area contributed by atoms with E-state index in [2.05, 4.69) is 124 Å². The van der Waals surface area contributed by atoms with E-state index in [0.29, 0.717) is 0 Å². The van der Waals surface area contributed by atoms with Crippen LogP contribution in [0.5, 0.6) is 11.5 Å². The minimum atomic E-state index is -0.554. The van der Waals surface area contributed by atoms with Crippen molar-refractivity contribution >= 4 is 37.1 Å². The van der Waals surface area contributed by atoms with E-state index in [1.807, 2.05) is 26.0 Å². The molecule has 216 valence electrons. The third-order valence-corrected chi connectivity index (χ3v) is 10.9. The van der Waals surface area contributed by atoms with Gasteiger partial charge in [0.1, 0.15) is 11.5 Å². The number of ether oxygens (including phenoxy) is 2. The van der Waals surface area contributed by atoms with Crippen LogP contribution in [0, 0.1) is 13.8 Å². The first-order valence-electron chi connectivity index (χ1n) is 13.1. The molecule has 0 amide bonds. The van der Waals surface area contributed by atoms with Gasteiger partial charge in [0.15, 0.2) is 0 Å². The Morgan fingerprint density at radius 1 is 0.561 bits per heavy atom. The first-order valence-corrected chi connectivity index (χ1v) is 16.2. The monoisotopic (exact) mass is 670 g/mol. The molecule has 0 N–H and O–H groups in total.